The van der Waals surface area contributed by atoms with E-state index in [0.29, 0.717) is 0 Å². The smallest absolute Gasteiger partial charge is 0.191 e. The van der Waals surface area contributed by atoms with Gasteiger partial charge in [0.25, 0.3) is 0 Å². The van der Waals surface area contributed by atoms with Crippen molar-refractivity contribution in [2.45, 2.75) is 26.4 Å². The van der Waals surface area contributed by atoms with Crippen LogP contribution in [-0.2, 0) is 6.54 Å². The third-order valence-electron chi connectivity index (χ3n) is 4.18. The Balaban J connectivity index is 1.97. The van der Waals surface area contributed by atoms with Crippen LogP contribution in [0.15, 0.2) is 53.8 Å². The van der Waals surface area contributed by atoms with Crippen molar-refractivity contribution in [2.24, 2.45) is 4.99 Å². The largest absolute Gasteiger partial charge is 0.357 e. The van der Waals surface area contributed by atoms with Gasteiger partial charge in [-0.25, -0.2) is 0 Å². The molecule has 1 aromatic carbocycles. The molecule has 0 fully saturated rings. The summed E-state index contributed by atoms with van der Waals surface area (Å²) in [6.07, 6.45) is 4.15. The van der Waals surface area contributed by atoms with Gasteiger partial charge in [-0.2, -0.15) is 0 Å². The summed E-state index contributed by atoms with van der Waals surface area (Å²) in [5, 5.41) is 6.74. The molecule has 2 N–H and O–H groups in total. The number of aromatic nitrogens is 1. The van der Waals surface area contributed by atoms with Crippen molar-refractivity contribution < 1.29 is 0 Å². The van der Waals surface area contributed by atoms with Crippen LogP contribution < -0.4 is 10.6 Å². The summed E-state index contributed by atoms with van der Waals surface area (Å²) in [6.45, 7) is 7.54. The molecule has 1 aromatic heterocycles. The Morgan fingerprint density at radius 2 is 1.80 bits per heavy atom. The Labute approximate surface area is 151 Å². The zero-order valence-electron chi connectivity index (χ0n) is 15.9. The maximum absolute atomic E-state index is 4.80. The predicted molar refractivity (Wildman–Crippen MR) is 106 cm³/mol. The highest BCUT2D eigenvalue weighted by molar-refractivity contribution is 5.79. The lowest BCUT2D eigenvalue weighted by Crippen LogP contribution is -2.39. The molecular formula is C20H31N5. The molecule has 0 aliphatic carbocycles. The van der Waals surface area contributed by atoms with Gasteiger partial charge in [-0.3, -0.25) is 4.99 Å². The number of rotatable bonds is 8. The Kier molecular flexibility index (Phi) is 7.54. The van der Waals surface area contributed by atoms with E-state index in [1.165, 1.54) is 11.1 Å². The topological polar surface area (TPSA) is 44.6 Å². The summed E-state index contributed by atoms with van der Waals surface area (Å²) < 4.78 is 2.16. The first-order valence-corrected chi connectivity index (χ1v) is 8.96. The van der Waals surface area contributed by atoms with Crippen LogP contribution in [0.2, 0.25) is 0 Å². The average Bonchev–Trinajstić information content (AvgIpc) is 3.09. The molecule has 1 atom stereocenters. The Morgan fingerprint density at radius 1 is 1.12 bits per heavy atom. The number of aryl methyl sites for hydroxylation is 1. The molecule has 5 nitrogen and oxygen atoms in total. The molecule has 2 rings (SSSR count). The third kappa shape index (κ3) is 6.27. The number of benzene rings is 1. The summed E-state index contributed by atoms with van der Waals surface area (Å²) in [7, 11) is 4.21. The highest BCUT2D eigenvalue weighted by atomic mass is 15.2. The van der Waals surface area contributed by atoms with E-state index in [0.717, 1.165) is 32.1 Å². The van der Waals surface area contributed by atoms with Crippen molar-refractivity contribution in [2.75, 3.05) is 33.7 Å². The van der Waals surface area contributed by atoms with Crippen molar-refractivity contribution in [3.63, 3.8) is 0 Å². The minimum Gasteiger partial charge on any atom is -0.357 e. The molecule has 0 bridgehead atoms. The molecule has 136 valence electrons. The first kappa shape index (κ1) is 19.1. The van der Waals surface area contributed by atoms with Gasteiger partial charge in [0.1, 0.15) is 0 Å². The molecular weight excluding hydrogens is 310 g/mol. The molecule has 0 saturated carbocycles. The van der Waals surface area contributed by atoms with E-state index in [1.54, 1.807) is 0 Å². The van der Waals surface area contributed by atoms with Gasteiger partial charge in [-0.05, 0) is 45.6 Å². The van der Waals surface area contributed by atoms with Crippen LogP contribution in [0.1, 0.15) is 24.1 Å². The van der Waals surface area contributed by atoms with Crippen LogP contribution in [0.4, 0.5) is 0 Å². The molecule has 0 aliphatic heterocycles. The van der Waals surface area contributed by atoms with Crippen molar-refractivity contribution >= 4 is 5.96 Å². The molecule has 2 aromatic rings. The molecule has 1 heterocycles. The summed E-state index contributed by atoms with van der Waals surface area (Å²) in [6, 6.07) is 13.1. The third-order valence-corrected chi connectivity index (χ3v) is 4.18. The number of likely N-dealkylation sites (N-methyl/N-ethyl adjacent to an activating group) is 1. The number of guanidine groups is 1. The van der Waals surface area contributed by atoms with Crippen LogP contribution in [0, 0.1) is 6.92 Å². The first-order valence-electron chi connectivity index (χ1n) is 8.96. The lowest BCUT2D eigenvalue weighted by atomic mass is 10.0. The van der Waals surface area contributed by atoms with Gasteiger partial charge in [0.2, 0.25) is 0 Å². The van der Waals surface area contributed by atoms with Crippen LogP contribution in [-0.4, -0.2) is 49.2 Å². The van der Waals surface area contributed by atoms with Crippen LogP contribution in [0.5, 0.6) is 0 Å². The van der Waals surface area contributed by atoms with E-state index in [1.807, 2.05) is 12.1 Å². The lowest BCUT2D eigenvalue weighted by Gasteiger charge is -2.24. The van der Waals surface area contributed by atoms with Crippen LogP contribution in [0.3, 0.4) is 0 Å². The second kappa shape index (κ2) is 9.89. The van der Waals surface area contributed by atoms with Gasteiger partial charge >= 0.3 is 0 Å². The van der Waals surface area contributed by atoms with Crippen LogP contribution in [0.25, 0.3) is 0 Å². The highest BCUT2D eigenvalue weighted by Crippen LogP contribution is 2.19. The molecule has 5 heteroatoms. The summed E-state index contributed by atoms with van der Waals surface area (Å²) in [4.78, 5) is 7.02. The van der Waals surface area contributed by atoms with Crippen molar-refractivity contribution in [3.05, 3.63) is 59.9 Å². The Hall–Kier alpha value is -2.27. The minimum absolute atomic E-state index is 0.264. The normalized spacial score (nSPS) is 13.1. The number of hydrogen-bond donors (Lipinski definition) is 2. The van der Waals surface area contributed by atoms with Gasteiger partial charge < -0.3 is 20.1 Å². The van der Waals surface area contributed by atoms with Crippen LogP contribution >= 0.6 is 0 Å². The van der Waals surface area contributed by atoms with Crippen molar-refractivity contribution in [1.29, 1.82) is 0 Å². The van der Waals surface area contributed by atoms with Gasteiger partial charge in [-0.15, -0.1) is 0 Å². The van der Waals surface area contributed by atoms with Gasteiger partial charge in [-0.1, -0.05) is 29.8 Å². The minimum atomic E-state index is 0.264. The summed E-state index contributed by atoms with van der Waals surface area (Å²) in [5.41, 5.74) is 2.58. The van der Waals surface area contributed by atoms with E-state index in [9.17, 15) is 0 Å². The maximum atomic E-state index is 4.80. The number of hydrogen-bond acceptors (Lipinski definition) is 2. The first-order chi connectivity index (χ1) is 12.1. The second-order valence-corrected chi connectivity index (χ2v) is 6.46. The second-order valence-electron chi connectivity index (χ2n) is 6.46. The van der Waals surface area contributed by atoms with Gasteiger partial charge in [0, 0.05) is 32.0 Å². The molecule has 0 spiro atoms. The summed E-state index contributed by atoms with van der Waals surface area (Å²) >= 11 is 0. The monoisotopic (exact) mass is 341 g/mol. The number of nitrogens with zero attached hydrogens (tertiary/aromatic N) is 3. The van der Waals surface area contributed by atoms with Crippen molar-refractivity contribution in [1.82, 2.24) is 20.1 Å². The highest BCUT2D eigenvalue weighted by Gasteiger charge is 2.13. The molecule has 25 heavy (non-hydrogen) atoms. The van der Waals surface area contributed by atoms with E-state index in [2.05, 4.69) is 84.7 Å². The molecule has 0 amide bonds. The fraction of sp³-hybridized carbons (Fsp3) is 0.450. The molecule has 1 unspecified atom stereocenters. The van der Waals surface area contributed by atoms with Crippen molar-refractivity contribution in [3.8, 4) is 0 Å². The van der Waals surface area contributed by atoms with Gasteiger partial charge in [0.05, 0.1) is 12.6 Å². The van der Waals surface area contributed by atoms with Gasteiger partial charge in [0.15, 0.2) is 5.96 Å². The fourth-order valence-electron chi connectivity index (χ4n) is 2.70. The molecule has 0 radical (unpaired) electrons. The molecule has 0 saturated heterocycles. The lowest BCUT2D eigenvalue weighted by molar-refractivity contribution is 0.306. The maximum Gasteiger partial charge on any atom is 0.191 e. The van der Waals surface area contributed by atoms with E-state index < -0.39 is 0 Å². The zero-order valence-corrected chi connectivity index (χ0v) is 15.9. The van der Waals surface area contributed by atoms with E-state index in [4.69, 9.17) is 4.99 Å². The predicted octanol–water partition coefficient (Wildman–Crippen LogP) is 2.65. The number of nitrogens with one attached hydrogen (secondary N) is 2. The fourth-order valence-corrected chi connectivity index (χ4v) is 2.70. The Bertz CT molecular complexity index is 629. The summed E-state index contributed by atoms with van der Waals surface area (Å²) in [5.74, 6) is 0.869. The average molecular weight is 342 g/mol. The van der Waals surface area contributed by atoms with E-state index in [-0.39, 0.29) is 6.04 Å². The van der Waals surface area contributed by atoms with E-state index >= 15 is 0 Å². The Morgan fingerprint density at radius 3 is 2.40 bits per heavy atom. The quantitative estimate of drug-likeness (QED) is 0.573. The standard InChI is InChI=1S/C20H31N5/c1-5-21-20(22-12-15-25-13-6-7-14-25)23-16-19(24(3)4)18-10-8-17(2)9-11-18/h6-11,13-14,19H,5,12,15-16H2,1-4H3,(H2,21,22,23). The number of aliphatic imine (C=N–C) groups is 1. The zero-order chi connectivity index (χ0) is 18.1. The molecule has 0 aliphatic rings. The SMILES string of the molecule is CCNC(=NCC(c1ccc(C)cc1)N(C)C)NCCn1cccc1.